The lowest BCUT2D eigenvalue weighted by Crippen LogP contribution is -2.48. The van der Waals surface area contributed by atoms with Crippen molar-refractivity contribution in [2.45, 2.75) is 43.9 Å². The first-order valence-corrected chi connectivity index (χ1v) is 20.6. The van der Waals surface area contributed by atoms with Crippen LogP contribution in [0, 0.1) is 23.7 Å². The summed E-state index contributed by atoms with van der Waals surface area (Å²) < 4.78 is 2.68. The van der Waals surface area contributed by atoms with Gasteiger partial charge in [-0.2, -0.15) is 0 Å². The van der Waals surface area contributed by atoms with E-state index in [-0.39, 0.29) is 5.41 Å². The van der Waals surface area contributed by atoms with Gasteiger partial charge in [-0.3, -0.25) is 0 Å². The molecule has 2 heteroatoms. The van der Waals surface area contributed by atoms with Crippen molar-refractivity contribution >= 4 is 59.3 Å². The number of rotatable bonds is 4. The molecule has 4 saturated carbocycles. The molecule has 5 atom stereocenters. The van der Waals surface area contributed by atoms with Crippen molar-refractivity contribution in [1.82, 2.24) is 0 Å². The van der Waals surface area contributed by atoms with Gasteiger partial charge in [0, 0.05) is 42.5 Å². The molecule has 0 radical (unpaired) electrons. The number of benzene rings is 7. The van der Waals surface area contributed by atoms with Gasteiger partial charge in [-0.15, -0.1) is 11.3 Å². The van der Waals surface area contributed by atoms with Crippen LogP contribution in [-0.4, -0.2) is 0 Å². The summed E-state index contributed by atoms with van der Waals surface area (Å²) in [6.45, 7) is 0. The van der Waals surface area contributed by atoms with Crippen LogP contribution in [0.4, 0.5) is 17.1 Å². The first-order valence-electron chi connectivity index (χ1n) is 19.8. The molecule has 5 aliphatic carbocycles. The van der Waals surface area contributed by atoms with Crippen molar-refractivity contribution in [3.05, 3.63) is 163 Å². The average molecular weight is 700 g/mol. The predicted octanol–water partition coefficient (Wildman–Crippen LogP) is 14.5. The molecule has 53 heavy (non-hydrogen) atoms. The van der Waals surface area contributed by atoms with Crippen molar-refractivity contribution in [2.24, 2.45) is 23.7 Å². The van der Waals surface area contributed by atoms with Crippen LogP contribution in [0.5, 0.6) is 0 Å². The van der Waals surface area contributed by atoms with Crippen LogP contribution in [0.2, 0.25) is 0 Å². The Bertz CT molecular complexity index is 2730. The van der Waals surface area contributed by atoms with Gasteiger partial charge in [0.2, 0.25) is 0 Å². The van der Waals surface area contributed by atoms with Crippen molar-refractivity contribution in [1.29, 1.82) is 0 Å². The summed E-state index contributed by atoms with van der Waals surface area (Å²) >= 11 is 1.91. The minimum Gasteiger partial charge on any atom is -0.310 e. The molecule has 0 saturated heterocycles. The van der Waals surface area contributed by atoms with Gasteiger partial charge in [0.25, 0.3) is 0 Å². The van der Waals surface area contributed by atoms with Crippen LogP contribution in [0.3, 0.4) is 0 Å². The number of fused-ring (bicyclic) bond motifs is 8. The van der Waals surface area contributed by atoms with Gasteiger partial charge < -0.3 is 4.90 Å². The molecule has 256 valence electrons. The van der Waals surface area contributed by atoms with E-state index in [0.29, 0.717) is 0 Å². The molecular formula is C51H41NS. The van der Waals surface area contributed by atoms with E-state index in [4.69, 9.17) is 0 Å². The Kier molecular flexibility index (Phi) is 6.52. The minimum atomic E-state index is 0.120. The van der Waals surface area contributed by atoms with E-state index < -0.39 is 0 Å². The second-order valence-electron chi connectivity index (χ2n) is 16.5. The predicted molar refractivity (Wildman–Crippen MR) is 225 cm³/mol. The molecule has 4 bridgehead atoms. The van der Waals surface area contributed by atoms with Gasteiger partial charge in [-0.25, -0.2) is 0 Å². The molecule has 13 rings (SSSR count). The Morgan fingerprint density at radius 2 is 1.23 bits per heavy atom. The lowest BCUT2D eigenvalue weighted by molar-refractivity contribution is 0.0618. The van der Waals surface area contributed by atoms with Crippen LogP contribution < -0.4 is 4.90 Å². The van der Waals surface area contributed by atoms with Gasteiger partial charge in [0.05, 0.1) is 5.69 Å². The van der Waals surface area contributed by atoms with E-state index in [9.17, 15) is 0 Å². The Labute approximate surface area is 315 Å². The number of nitrogens with zero attached hydrogens (tertiary/aromatic N) is 1. The molecule has 5 aliphatic rings. The van der Waals surface area contributed by atoms with Crippen LogP contribution in [0.25, 0.3) is 53.2 Å². The summed E-state index contributed by atoms with van der Waals surface area (Å²) in [7, 11) is 0. The summed E-state index contributed by atoms with van der Waals surface area (Å²) in [6, 6.07) is 57.8. The van der Waals surface area contributed by atoms with E-state index in [1.807, 2.05) is 11.3 Å². The first kappa shape index (κ1) is 30.3. The number of anilines is 3. The third-order valence-corrected chi connectivity index (χ3v) is 15.1. The number of hydrogen-bond acceptors (Lipinski definition) is 2. The van der Waals surface area contributed by atoms with E-state index >= 15 is 0 Å². The molecule has 1 aromatic heterocycles. The molecule has 1 spiro atoms. The van der Waals surface area contributed by atoms with Crippen LogP contribution >= 0.6 is 11.3 Å². The van der Waals surface area contributed by atoms with Crippen molar-refractivity contribution < 1.29 is 0 Å². The van der Waals surface area contributed by atoms with Crippen molar-refractivity contribution in [3.63, 3.8) is 0 Å². The fourth-order valence-corrected chi connectivity index (χ4v) is 13.1. The van der Waals surface area contributed by atoms with Gasteiger partial charge in [-0.05, 0) is 137 Å². The average Bonchev–Trinajstić information content (AvgIpc) is 3.64. The molecule has 8 aromatic rings. The SMILES string of the molecule is c1ccc2c(c1)-c1c(N(c3ccc(-c4ccc5ccccc5c4)cc3)c3ccc4c(c3)sc3ccccc34)cccc1C21C2CCC3CC(C2)CC1C3. The highest BCUT2D eigenvalue weighted by molar-refractivity contribution is 7.25. The molecule has 5 unspecified atom stereocenters. The van der Waals surface area contributed by atoms with Gasteiger partial charge in [0.15, 0.2) is 0 Å². The first-order chi connectivity index (χ1) is 26.2. The monoisotopic (exact) mass is 699 g/mol. The number of hydrogen-bond donors (Lipinski definition) is 0. The van der Waals surface area contributed by atoms with E-state index in [1.54, 1.807) is 11.1 Å². The summed E-state index contributed by atoms with van der Waals surface area (Å²) in [4.78, 5) is 2.58. The van der Waals surface area contributed by atoms with Crippen LogP contribution in [-0.2, 0) is 5.41 Å². The van der Waals surface area contributed by atoms with E-state index in [2.05, 4.69) is 157 Å². The second kappa shape index (κ2) is 11.4. The molecule has 1 nitrogen and oxygen atoms in total. The second-order valence-corrected chi connectivity index (χ2v) is 17.6. The fourth-order valence-electron chi connectivity index (χ4n) is 12.0. The number of thiophene rings is 1. The zero-order valence-electron chi connectivity index (χ0n) is 29.8. The Morgan fingerprint density at radius 1 is 0.491 bits per heavy atom. The quantitative estimate of drug-likeness (QED) is 0.177. The summed E-state index contributed by atoms with van der Waals surface area (Å²) in [5.41, 5.74) is 12.5. The van der Waals surface area contributed by atoms with E-state index in [1.165, 1.54) is 109 Å². The highest BCUT2D eigenvalue weighted by Crippen LogP contribution is 2.68. The molecule has 0 aliphatic heterocycles. The zero-order valence-corrected chi connectivity index (χ0v) is 30.7. The molecule has 1 heterocycles. The highest BCUT2D eigenvalue weighted by Gasteiger charge is 2.60. The summed E-state index contributed by atoms with van der Waals surface area (Å²) in [5, 5.41) is 5.25. The summed E-state index contributed by atoms with van der Waals surface area (Å²) in [5.74, 6) is 3.28. The largest absolute Gasteiger partial charge is 0.310 e. The Hall–Kier alpha value is -5.18. The maximum atomic E-state index is 2.58. The van der Waals surface area contributed by atoms with Crippen LogP contribution in [0.15, 0.2) is 152 Å². The third kappa shape index (κ3) is 4.36. The smallest absolute Gasteiger partial charge is 0.0543 e. The van der Waals surface area contributed by atoms with Crippen molar-refractivity contribution in [2.75, 3.05) is 4.90 Å². The topological polar surface area (TPSA) is 3.24 Å². The lowest BCUT2D eigenvalue weighted by atomic mass is 9.51. The Balaban J connectivity index is 1.07. The highest BCUT2D eigenvalue weighted by atomic mass is 32.1. The van der Waals surface area contributed by atoms with Crippen LogP contribution in [0.1, 0.15) is 49.7 Å². The zero-order chi connectivity index (χ0) is 34.7. The molecule has 0 N–H and O–H groups in total. The standard InChI is InChI=1S/C51H41NS/c1-2-9-36-30-37(18-17-34(36)8-1)35-19-22-40(23-20-35)52(41-24-25-43-42-10-4-6-15-48(42)53-49(43)31-41)47-14-7-13-46-50(47)44-11-3-5-12-45(44)51(46)38-21-16-32-26-33(28-38)29-39(51)27-32/h1-15,17-20,22-25,30-33,38-39H,16,21,26-29H2. The van der Waals surface area contributed by atoms with Gasteiger partial charge in [0.1, 0.15) is 0 Å². The minimum absolute atomic E-state index is 0.120. The van der Waals surface area contributed by atoms with Gasteiger partial charge >= 0.3 is 0 Å². The molecule has 4 fully saturated rings. The third-order valence-electron chi connectivity index (χ3n) is 13.9. The fraction of sp³-hybridized carbons (Fsp3) is 0.216. The Morgan fingerprint density at radius 3 is 2.17 bits per heavy atom. The van der Waals surface area contributed by atoms with Crippen molar-refractivity contribution in [3.8, 4) is 22.3 Å². The summed E-state index contributed by atoms with van der Waals surface area (Å²) in [6.07, 6.45) is 8.45. The molecular weight excluding hydrogens is 659 g/mol. The van der Waals surface area contributed by atoms with Gasteiger partial charge in [-0.1, -0.05) is 116 Å². The molecule has 0 amide bonds. The molecule has 7 aromatic carbocycles. The normalized spacial score (nSPS) is 23.8. The maximum absolute atomic E-state index is 2.58. The maximum Gasteiger partial charge on any atom is 0.0543 e. The lowest BCUT2D eigenvalue weighted by Gasteiger charge is -2.53. The van der Waals surface area contributed by atoms with E-state index in [0.717, 1.165) is 23.7 Å².